The Hall–Kier alpha value is -2.62. The van der Waals surface area contributed by atoms with Crippen LogP contribution in [0.4, 0.5) is 10.1 Å². The molecule has 124 valence electrons. The van der Waals surface area contributed by atoms with Crippen LogP contribution in [0.1, 0.15) is 0 Å². The van der Waals surface area contributed by atoms with E-state index in [-0.39, 0.29) is 16.3 Å². The lowest BCUT2D eigenvalue weighted by molar-refractivity contribution is -0.142. The van der Waals surface area contributed by atoms with E-state index < -0.39 is 28.4 Å². The van der Waals surface area contributed by atoms with E-state index in [1.165, 1.54) is 24.2 Å². The van der Waals surface area contributed by atoms with Crippen LogP contribution in [0.15, 0.2) is 35.5 Å². The molecule has 0 aliphatic rings. The zero-order valence-electron chi connectivity index (χ0n) is 12.3. The largest absolute Gasteiger partial charge is 0.479 e. The van der Waals surface area contributed by atoms with Crippen molar-refractivity contribution in [2.75, 3.05) is 18.4 Å². The second-order valence-corrected chi connectivity index (χ2v) is 6.15. The van der Waals surface area contributed by atoms with Crippen LogP contribution >= 0.6 is 0 Å². The molecule has 1 N–H and O–H groups in total. The molecule has 23 heavy (non-hydrogen) atoms. The molecule has 1 aromatic heterocycles. The highest BCUT2D eigenvalue weighted by Crippen LogP contribution is 2.22. The number of aryl methyl sites for hydroxylation is 1. The molecule has 0 unspecified atom stereocenters. The van der Waals surface area contributed by atoms with E-state index in [4.69, 9.17) is 4.74 Å². The number of methoxy groups -OCH3 is 1. The summed E-state index contributed by atoms with van der Waals surface area (Å²) in [6.45, 7) is -0.479. The van der Waals surface area contributed by atoms with Crippen LogP contribution in [0, 0.1) is 5.82 Å². The number of anilines is 1. The fourth-order valence-electron chi connectivity index (χ4n) is 1.65. The number of carbonyl (C=O) groups is 1. The number of hydrogen-bond acceptors (Lipinski definition) is 6. The molecule has 1 heterocycles. The van der Waals surface area contributed by atoms with Crippen molar-refractivity contribution in [1.82, 2.24) is 9.78 Å². The van der Waals surface area contributed by atoms with Crippen molar-refractivity contribution in [3.63, 3.8) is 0 Å². The lowest BCUT2D eigenvalue weighted by Gasteiger charge is -2.09. The van der Waals surface area contributed by atoms with Gasteiger partial charge in [-0.1, -0.05) is 0 Å². The summed E-state index contributed by atoms with van der Waals surface area (Å²) in [5, 5.41) is 3.83. The maximum Gasteiger partial charge on any atom is 0.343 e. The second-order valence-electron chi connectivity index (χ2n) is 4.47. The van der Waals surface area contributed by atoms with Crippen LogP contribution in [-0.2, 0) is 26.6 Å². The number of ether oxygens (including phenoxy) is 2. The normalized spacial score (nSPS) is 11.1. The molecule has 1 aromatic carbocycles. The van der Waals surface area contributed by atoms with Gasteiger partial charge in [-0.2, -0.15) is 5.10 Å². The zero-order chi connectivity index (χ0) is 17.0. The summed E-state index contributed by atoms with van der Waals surface area (Å²) >= 11 is 0. The van der Waals surface area contributed by atoms with Crippen LogP contribution in [0.3, 0.4) is 0 Å². The lowest BCUT2D eigenvalue weighted by atomic mass is 10.3. The Morgan fingerprint density at radius 3 is 2.74 bits per heavy atom. The molecule has 0 fully saturated rings. The van der Waals surface area contributed by atoms with Gasteiger partial charge in [-0.3, -0.25) is 9.40 Å². The number of nitrogens with one attached hydrogen (secondary N) is 1. The minimum absolute atomic E-state index is 0.249. The monoisotopic (exact) mass is 343 g/mol. The Morgan fingerprint density at radius 1 is 1.43 bits per heavy atom. The van der Waals surface area contributed by atoms with E-state index in [9.17, 15) is 17.6 Å². The summed E-state index contributed by atoms with van der Waals surface area (Å²) in [4.78, 5) is 10.7. The number of esters is 1. The minimum atomic E-state index is -3.97. The van der Waals surface area contributed by atoms with Gasteiger partial charge in [-0.15, -0.1) is 0 Å². The van der Waals surface area contributed by atoms with Gasteiger partial charge in [0, 0.05) is 13.2 Å². The van der Waals surface area contributed by atoms with Crippen LogP contribution in [0.5, 0.6) is 5.75 Å². The molecule has 10 heteroatoms. The predicted octanol–water partition coefficient (Wildman–Crippen LogP) is 0.912. The van der Waals surface area contributed by atoms with Crippen molar-refractivity contribution in [2.45, 2.75) is 4.90 Å². The van der Waals surface area contributed by atoms with Crippen molar-refractivity contribution < 1.29 is 27.1 Å². The SMILES string of the molecule is COC(=O)COc1ccc(S(=O)(=O)Nc2cnn(C)c2)cc1F. The lowest BCUT2D eigenvalue weighted by Crippen LogP contribution is -2.15. The molecule has 0 radical (unpaired) electrons. The third kappa shape index (κ3) is 4.19. The average Bonchev–Trinajstić information content (AvgIpc) is 2.89. The number of rotatable bonds is 6. The fourth-order valence-corrected chi connectivity index (χ4v) is 2.69. The number of halogens is 1. The molecule has 0 amide bonds. The summed E-state index contributed by atoms with van der Waals surface area (Å²) in [6.07, 6.45) is 2.78. The maximum absolute atomic E-state index is 13.9. The number of sulfonamides is 1. The van der Waals surface area contributed by atoms with Crippen molar-refractivity contribution >= 4 is 21.7 Å². The number of nitrogens with zero attached hydrogens (tertiary/aromatic N) is 2. The predicted molar refractivity (Wildman–Crippen MR) is 77.9 cm³/mol. The number of hydrogen-bond donors (Lipinski definition) is 1. The highest BCUT2D eigenvalue weighted by Gasteiger charge is 2.18. The summed E-state index contributed by atoms with van der Waals surface area (Å²) in [5.74, 6) is -1.85. The molecule has 2 aromatic rings. The van der Waals surface area contributed by atoms with Gasteiger partial charge >= 0.3 is 5.97 Å². The zero-order valence-corrected chi connectivity index (χ0v) is 13.1. The van der Waals surface area contributed by atoms with Gasteiger partial charge in [0.15, 0.2) is 18.2 Å². The van der Waals surface area contributed by atoms with E-state index in [1.807, 2.05) is 0 Å². The summed E-state index contributed by atoms with van der Waals surface area (Å²) in [7, 11) is -1.17. The minimum Gasteiger partial charge on any atom is -0.479 e. The van der Waals surface area contributed by atoms with Crippen molar-refractivity contribution in [3.05, 3.63) is 36.4 Å². The highest BCUT2D eigenvalue weighted by molar-refractivity contribution is 7.92. The molecule has 0 spiro atoms. The van der Waals surface area contributed by atoms with Crippen LogP contribution < -0.4 is 9.46 Å². The van der Waals surface area contributed by atoms with Gasteiger partial charge in [0.25, 0.3) is 10.0 Å². The van der Waals surface area contributed by atoms with Crippen molar-refractivity contribution in [2.24, 2.45) is 7.05 Å². The van der Waals surface area contributed by atoms with Crippen LogP contribution in [0.2, 0.25) is 0 Å². The molecule has 0 saturated heterocycles. The first-order chi connectivity index (χ1) is 10.8. The average molecular weight is 343 g/mol. The molecular weight excluding hydrogens is 329 g/mol. The van der Waals surface area contributed by atoms with Crippen LogP contribution in [-0.4, -0.2) is 37.9 Å². The number of benzene rings is 1. The molecule has 0 aliphatic heterocycles. The Kier molecular flexibility index (Phi) is 4.84. The smallest absolute Gasteiger partial charge is 0.343 e. The quantitative estimate of drug-likeness (QED) is 0.783. The molecule has 0 bridgehead atoms. The molecule has 2 rings (SSSR count). The third-order valence-electron chi connectivity index (χ3n) is 2.74. The summed E-state index contributed by atoms with van der Waals surface area (Å²) in [6, 6.07) is 3.08. The van der Waals surface area contributed by atoms with E-state index >= 15 is 0 Å². The first kappa shape index (κ1) is 16.7. The number of carbonyl (C=O) groups excluding carboxylic acids is 1. The van der Waals surface area contributed by atoms with Gasteiger partial charge in [-0.05, 0) is 18.2 Å². The van der Waals surface area contributed by atoms with E-state index in [0.717, 1.165) is 18.2 Å². The second kappa shape index (κ2) is 6.65. The highest BCUT2D eigenvalue weighted by atomic mass is 32.2. The fraction of sp³-hybridized carbons (Fsp3) is 0.231. The first-order valence-corrected chi connectivity index (χ1v) is 7.81. The van der Waals surface area contributed by atoms with Gasteiger partial charge < -0.3 is 9.47 Å². The van der Waals surface area contributed by atoms with Gasteiger partial charge in [0.2, 0.25) is 0 Å². The molecule has 0 saturated carbocycles. The van der Waals surface area contributed by atoms with Gasteiger partial charge in [-0.25, -0.2) is 17.6 Å². The number of aromatic nitrogens is 2. The Bertz CT molecular complexity index is 819. The van der Waals surface area contributed by atoms with Crippen molar-refractivity contribution in [1.29, 1.82) is 0 Å². The van der Waals surface area contributed by atoms with E-state index in [2.05, 4.69) is 14.6 Å². The Morgan fingerprint density at radius 2 is 2.17 bits per heavy atom. The Balaban J connectivity index is 2.16. The van der Waals surface area contributed by atoms with Gasteiger partial charge in [0.1, 0.15) is 0 Å². The molecule has 0 aliphatic carbocycles. The van der Waals surface area contributed by atoms with E-state index in [0.29, 0.717) is 0 Å². The summed E-state index contributed by atoms with van der Waals surface area (Å²) in [5.41, 5.74) is 0.249. The topological polar surface area (TPSA) is 99.5 Å². The molecular formula is C13H14FN3O5S. The van der Waals surface area contributed by atoms with Gasteiger partial charge in [0.05, 0.1) is 23.9 Å². The van der Waals surface area contributed by atoms with Crippen molar-refractivity contribution in [3.8, 4) is 5.75 Å². The molecule has 0 atom stereocenters. The third-order valence-corrected chi connectivity index (χ3v) is 4.12. The molecule has 8 nitrogen and oxygen atoms in total. The van der Waals surface area contributed by atoms with Crippen LogP contribution in [0.25, 0.3) is 0 Å². The Labute approximate surface area is 131 Å². The standard InChI is InChI=1S/C13H14FN3O5S/c1-17-7-9(6-15-17)16-23(19,20)10-3-4-12(11(14)5-10)22-8-13(18)21-2/h3-7,16H,8H2,1-2H3. The maximum atomic E-state index is 13.9. The first-order valence-electron chi connectivity index (χ1n) is 6.32. The summed E-state index contributed by atoms with van der Waals surface area (Å²) < 4.78 is 51.2. The van der Waals surface area contributed by atoms with E-state index in [1.54, 1.807) is 7.05 Å².